The largest absolute Gasteiger partial charge is 0.472 e. The molecule has 6 rings (SSSR count). The topological polar surface area (TPSA) is 101 Å². The Kier molecular flexibility index (Phi) is 5.36. The van der Waals surface area contributed by atoms with Crippen molar-refractivity contribution in [3.63, 3.8) is 0 Å². The van der Waals surface area contributed by atoms with Gasteiger partial charge >= 0.3 is 0 Å². The van der Waals surface area contributed by atoms with E-state index in [2.05, 4.69) is 39.1 Å². The van der Waals surface area contributed by atoms with Crippen molar-refractivity contribution in [3.05, 3.63) is 78.9 Å². The number of anilines is 2. The second-order valence-electron chi connectivity index (χ2n) is 9.28. The monoisotopic (exact) mass is 497 g/mol. The smallest absolute Gasteiger partial charge is 0.257 e. The van der Waals surface area contributed by atoms with E-state index in [1.54, 1.807) is 50.2 Å². The molecule has 1 fully saturated rings. The third-order valence-corrected chi connectivity index (χ3v) is 6.35. The summed E-state index contributed by atoms with van der Waals surface area (Å²) < 4.78 is 21.4. The Bertz CT molecular complexity index is 1680. The molecule has 0 bridgehead atoms. The minimum absolute atomic E-state index is 0.211. The summed E-state index contributed by atoms with van der Waals surface area (Å²) in [6, 6.07) is 8.58. The van der Waals surface area contributed by atoms with Crippen molar-refractivity contribution in [2.75, 3.05) is 23.3 Å². The first-order valence-electron chi connectivity index (χ1n) is 11.8. The zero-order valence-electron chi connectivity index (χ0n) is 20.3. The van der Waals surface area contributed by atoms with Gasteiger partial charge in [0.05, 0.1) is 29.5 Å². The normalized spacial score (nSPS) is 15.8. The molecule has 2 aromatic carbocycles. The third-order valence-electron chi connectivity index (χ3n) is 6.35. The second-order valence-corrected chi connectivity index (χ2v) is 9.28. The number of aromatic nitrogens is 4. The summed E-state index contributed by atoms with van der Waals surface area (Å²) in [6.07, 6.45) is 6.53. The van der Waals surface area contributed by atoms with Crippen LogP contribution in [0.5, 0.6) is 0 Å². The molecule has 0 saturated carbocycles. The minimum Gasteiger partial charge on any atom is -0.472 e. The number of carbonyl (C=O) groups is 1. The highest BCUT2D eigenvalue weighted by molar-refractivity contribution is 6.14. The molecule has 0 spiro atoms. The van der Waals surface area contributed by atoms with Crippen LogP contribution in [-0.2, 0) is 7.05 Å². The first kappa shape index (κ1) is 22.7. The first-order chi connectivity index (χ1) is 17.9. The SMILES string of the molecule is C=C1CN(c2ccc(C(=O)Nc3cc(F)c4nn(C)cc4c3)c3nc(-c4ccoc4)ncc23)C[C@@H](C)N1. The number of fused-ring (bicyclic) bond motifs is 2. The average molecular weight is 498 g/mol. The molecule has 0 unspecified atom stereocenters. The summed E-state index contributed by atoms with van der Waals surface area (Å²) in [6.45, 7) is 7.57. The molecule has 9 nitrogen and oxygen atoms in total. The van der Waals surface area contributed by atoms with Gasteiger partial charge in [-0.15, -0.1) is 0 Å². The molecule has 1 atom stereocenters. The summed E-state index contributed by atoms with van der Waals surface area (Å²) in [4.78, 5) is 25.0. The summed E-state index contributed by atoms with van der Waals surface area (Å²) in [7, 11) is 1.72. The Morgan fingerprint density at radius 2 is 2.14 bits per heavy atom. The number of rotatable bonds is 4. The molecule has 5 aromatic rings. The van der Waals surface area contributed by atoms with Crippen LogP contribution in [0.1, 0.15) is 17.3 Å². The Balaban J connectivity index is 1.44. The predicted octanol–water partition coefficient (Wildman–Crippen LogP) is 4.48. The van der Waals surface area contributed by atoms with Gasteiger partial charge in [0.2, 0.25) is 0 Å². The molecule has 3 aromatic heterocycles. The quantitative estimate of drug-likeness (QED) is 0.378. The molecule has 1 aliphatic rings. The van der Waals surface area contributed by atoms with Crippen molar-refractivity contribution in [3.8, 4) is 11.4 Å². The van der Waals surface area contributed by atoms with Crippen molar-refractivity contribution >= 4 is 39.1 Å². The molecular formula is C27H24FN7O2. The van der Waals surface area contributed by atoms with Crippen molar-refractivity contribution < 1.29 is 13.6 Å². The summed E-state index contributed by atoms with van der Waals surface area (Å²) in [5.74, 6) is -0.478. The van der Waals surface area contributed by atoms with E-state index in [9.17, 15) is 9.18 Å². The molecule has 10 heteroatoms. The number of hydrogen-bond acceptors (Lipinski definition) is 7. The maximum Gasteiger partial charge on any atom is 0.257 e. The lowest BCUT2D eigenvalue weighted by molar-refractivity contribution is 0.102. The second kappa shape index (κ2) is 8.74. The number of furan rings is 1. The lowest BCUT2D eigenvalue weighted by atomic mass is 10.1. The van der Waals surface area contributed by atoms with E-state index in [4.69, 9.17) is 9.40 Å². The van der Waals surface area contributed by atoms with Crippen LogP contribution >= 0.6 is 0 Å². The average Bonchev–Trinajstić information content (AvgIpc) is 3.52. The molecule has 0 radical (unpaired) electrons. The fourth-order valence-corrected chi connectivity index (χ4v) is 4.83. The van der Waals surface area contributed by atoms with Crippen LogP contribution in [0.25, 0.3) is 33.2 Å². The van der Waals surface area contributed by atoms with Crippen LogP contribution in [0.15, 0.2) is 71.9 Å². The molecule has 1 aliphatic heterocycles. The summed E-state index contributed by atoms with van der Waals surface area (Å²) >= 11 is 0. The number of carbonyl (C=O) groups excluding carboxylic acids is 1. The van der Waals surface area contributed by atoms with Crippen LogP contribution in [0, 0.1) is 5.82 Å². The molecule has 186 valence electrons. The molecular weight excluding hydrogens is 473 g/mol. The van der Waals surface area contributed by atoms with E-state index in [1.807, 2.05) is 6.07 Å². The van der Waals surface area contributed by atoms with Crippen molar-refractivity contribution in [2.45, 2.75) is 13.0 Å². The van der Waals surface area contributed by atoms with Crippen molar-refractivity contribution in [2.24, 2.45) is 7.05 Å². The van der Waals surface area contributed by atoms with Gasteiger partial charge in [-0.1, -0.05) is 6.58 Å². The minimum atomic E-state index is -0.508. The predicted molar refractivity (Wildman–Crippen MR) is 140 cm³/mol. The van der Waals surface area contributed by atoms with Gasteiger partial charge in [-0.3, -0.25) is 9.48 Å². The number of halogens is 1. The van der Waals surface area contributed by atoms with E-state index < -0.39 is 11.7 Å². The fourth-order valence-electron chi connectivity index (χ4n) is 4.83. The van der Waals surface area contributed by atoms with Crippen LogP contribution in [0.4, 0.5) is 15.8 Å². The van der Waals surface area contributed by atoms with E-state index >= 15 is 0 Å². The number of nitrogens with one attached hydrogen (secondary N) is 2. The highest BCUT2D eigenvalue weighted by Crippen LogP contribution is 2.32. The molecule has 2 N–H and O–H groups in total. The van der Waals surface area contributed by atoms with Gasteiger partial charge in [0.1, 0.15) is 11.8 Å². The van der Waals surface area contributed by atoms with Gasteiger partial charge in [0.25, 0.3) is 5.91 Å². The molecule has 0 aliphatic carbocycles. The van der Waals surface area contributed by atoms with Gasteiger partial charge in [0.15, 0.2) is 11.6 Å². The van der Waals surface area contributed by atoms with Crippen LogP contribution in [0.2, 0.25) is 0 Å². The Morgan fingerprint density at radius 1 is 1.27 bits per heavy atom. The van der Waals surface area contributed by atoms with Gasteiger partial charge in [-0.05, 0) is 37.3 Å². The van der Waals surface area contributed by atoms with Crippen LogP contribution < -0.4 is 15.5 Å². The summed E-state index contributed by atoms with van der Waals surface area (Å²) in [5, 5.41) is 11.6. The molecule has 1 saturated heterocycles. The lowest BCUT2D eigenvalue weighted by Gasteiger charge is -2.36. The van der Waals surface area contributed by atoms with Gasteiger partial charge in [-0.25, -0.2) is 14.4 Å². The lowest BCUT2D eigenvalue weighted by Crippen LogP contribution is -2.47. The van der Waals surface area contributed by atoms with E-state index in [1.165, 1.54) is 10.7 Å². The Labute approximate surface area is 211 Å². The molecule has 1 amide bonds. The number of hydrogen-bond donors (Lipinski definition) is 2. The maximum absolute atomic E-state index is 14.6. The van der Waals surface area contributed by atoms with Crippen molar-refractivity contribution in [1.29, 1.82) is 0 Å². The van der Waals surface area contributed by atoms with E-state index in [0.29, 0.717) is 40.1 Å². The highest BCUT2D eigenvalue weighted by atomic mass is 19.1. The zero-order chi connectivity index (χ0) is 25.7. The summed E-state index contributed by atoms with van der Waals surface area (Å²) in [5.41, 5.74) is 3.93. The van der Waals surface area contributed by atoms with E-state index in [-0.39, 0.29) is 11.6 Å². The molecule has 37 heavy (non-hydrogen) atoms. The van der Waals surface area contributed by atoms with Crippen LogP contribution in [0.3, 0.4) is 0 Å². The number of amides is 1. The fraction of sp³-hybridized carbons (Fsp3) is 0.185. The molecule has 4 heterocycles. The third kappa shape index (κ3) is 4.16. The van der Waals surface area contributed by atoms with E-state index in [0.717, 1.165) is 23.3 Å². The zero-order valence-corrected chi connectivity index (χ0v) is 20.3. The maximum atomic E-state index is 14.6. The Hall–Kier alpha value is -4.73. The van der Waals surface area contributed by atoms with Gasteiger partial charge in [0, 0.05) is 59.9 Å². The number of benzene rings is 2. The Morgan fingerprint density at radius 3 is 2.92 bits per heavy atom. The van der Waals surface area contributed by atoms with Crippen LogP contribution in [-0.4, -0.2) is 44.8 Å². The number of aryl methyl sites for hydroxylation is 1. The first-order valence-corrected chi connectivity index (χ1v) is 11.8. The standard InChI is InChI=1S/C27H24FN7O2/c1-15-11-35(12-16(2)30-15)23-5-4-20(25-21(23)10-29-26(32-25)17-6-7-37-14-17)27(36)31-19-8-18-13-34(3)33-24(18)22(28)9-19/h4-10,13-14,16,30H,1,11-12H2,2-3H3,(H,31,36)/t16-/m1/s1. The highest BCUT2D eigenvalue weighted by Gasteiger charge is 2.23. The number of piperazine rings is 1. The van der Waals surface area contributed by atoms with Crippen molar-refractivity contribution in [1.82, 2.24) is 25.1 Å². The van der Waals surface area contributed by atoms with Gasteiger partial charge < -0.3 is 20.0 Å². The van der Waals surface area contributed by atoms with Gasteiger partial charge in [-0.2, -0.15) is 5.10 Å². The number of nitrogens with zero attached hydrogens (tertiary/aromatic N) is 5.